The third kappa shape index (κ3) is 4.27. The van der Waals surface area contributed by atoms with Crippen molar-refractivity contribution < 1.29 is 19.2 Å². The van der Waals surface area contributed by atoms with Crippen LogP contribution in [0, 0.1) is 13.8 Å². The Balaban J connectivity index is 1.63. The maximum atomic E-state index is 13.5. The van der Waals surface area contributed by atoms with E-state index < -0.39 is 6.10 Å². The zero-order chi connectivity index (χ0) is 21.3. The number of carbonyl (C=O) groups is 1. The molecule has 1 amide bonds. The molecule has 0 aliphatic carbocycles. The van der Waals surface area contributed by atoms with Crippen molar-refractivity contribution in [3.8, 4) is 11.5 Å². The summed E-state index contributed by atoms with van der Waals surface area (Å²) in [6, 6.07) is 11.7. The van der Waals surface area contributed by atoms with Gasteiger partial charge in [0.1, 0.15) is 6.61 Å². The average molecular weight is 427 g/mol. The molecule has 158 valence electrons. The SMILES string of the molecule is Cc1cc(C)c2sc(N(CCC[NH+](C)C)C(=O)[C@H]3COc4ccccc4O3)nc2c1. The lowest BCUT2D eigenvalue weighted by Crippen LogP contribution is -3.05. The summed E-state index contributed by atoms with van der Waals surface area (Å²) in [5.41, 5.74) is 3.30. The van der Waals surface area contributed by atoms with Crippen LogP contribution in [-0.2, 0) is 4.79 Å². The van der Waals surface area contributed by atoms with E-state index in [0.717, 1.165) is 28.3 Å². The Hall–Kier alpha value is -2.64. The molecule has 0 saturated heterocycles. The smallest absolute Gasteiger partial charge is 0.273 e. The number of thiazole rings is 1. The molecule has 2 aromatic carbocycles. The average Bonchev–Trinajstić information content (AvgIpc) is 3.14. The molecular weight excluding hydrogens is 398 g/mol. The second-order valence-electron chi connectivity index (χ2n) is 8.09. The van der Waals surface area contributed by atoms with Crippen molar-refractivity contribution in [1.29, 1.82) is 0 Å². The van der Waals surface area contributed by atoms with E-state index >= 15 is 0 Å². The van der Waals surface area contributed by atoms with Gasteiger partial charge in [-0.05, 0) is 43.2 Å². The van der Waals surface area contributed by atoms with Gasteiger partial charge in [0.25, 0.3) is 5.91 Å². The third-order valence-electron chi connectivity index (χ3n) is 5.15. The molecule has 4 rings (SSSR count). The minimum atomic E-state index is -0.679. The summed E-state index contributed by atoms with van der Waals surface area (Å²) in [6.07, 6.45) is 0.202. The van der Waals surface area contributed by atoms with Crippen molar-refractivity contribution in [2.45, 2.75) is 26.4 Å². The first-order valence-electron chi connectivity index (χ1n) is 10.3. The van der Waals surface area contributed by atoms with Crippen LogP contribution in [0.15, 0.2) is 36.4 Å². The zero-order valence-electron chi connectivity index (χ0n) is 17.9. The van der Waals surface area contributed by atoms with E-state index in [1.54, 1.807) is 16.2 Å². The molecule has 0 saturated carbocycles. The van der Waals surface area contributed by atoms with Crippen molar-refractivity contribution in [2.75, 3.05) is 38.7 Å². The lowest BCUT2D eigenvalue weighted by Gasteiger charge is -2.29. The fourth-order valence-electron chi connectivity index (χ4n) is 3.69. The predicted molar refractivity (Wildman–Crippen MR) is 120 cm³/mol. The predicted octanol–water partition coefficient (Wildman–Crippen LogP) is 2.62. The zero-order valence-corrected chi connectivity index (χ0v) is 18.7. The number of hydrogen-bond acceptors (Lipinski definition) is 5. The standard InChI is InChI=1S/C23H27N3O3S/c1-15-12-16(2)21-17(13-15)24-23(30-21)26(11-7-10-25(3)4)22(27)20-14-28-18-8-5-6-9-19(18)29-20/h5-6,8-9,12-13,20H,7,10-11,14H2,1-4H3/p+1/t20-/m1/s1. The molecule has 0 unspecified atom stereocenters. The van der Waals surface area contributed by atoms with Crippen LogP contribution in [0.3, 0.4) is 0 Å². The van der Waals surface area contributed by atoms with E-state index in [4.69, 9.17) is 14.5 Å². The molecule has 1 atom stereocenters. The van der Waals surface area contributed by atoms with Crippen molar-refractivity contribution in [3.05, 3.63) is 47.5 Å². The van der Waals surface area contributed by atoms with Gasteiger partial charge in [0.05, 0.1) is 30.9 Å². The van der Waals surface area contributed by atoms with Crippen molar-refractivity contribution in [3.63, 3.8) is 0 Å². The number of rotatable bonds is 6. The number of hydrogen-bond donors (Lipinski definition) is 1. The molecule has 0 fully saturated rings. The quantitative estimate of drug-likeness (QED) is 0.658. The molecule has 0 radical (unpaired) electrons. The van der Waals surface area contributed by atoms with Crippen molar-refractivity contribution >= 4 is 32.6 Å². The number of nitrogens with one attached hydrogen (secondary N) is 1. The Labute approximate surface area is 181 Å². The Bertz CT molecular complexity index is 1060. The van der Waals surface area contributed by atoms with Crippen LogP contribution in [0.1, 0.15) is 17.5 Å². The normalized spacial score (nSPS) is 15.6. The molecule has 1 aliphatic rings. The van der Waals surface area contributed by atoms with Gasteiger partial charge in [-0.1, -0.05) is 29.5 Å². The van der Waals surface area contributed by atoms with Crippen LogP contribution in [0.2, 0.25) is 0 Å². The second kappa shape index (κ2) is 8.62. The number of benzene rings is 2. The van der Waals surface area contributed by atoms with Gasteiger partial charge in [-0.2, -0.15) is 0 Å². The third-order valence-corrected chi connectivity index (χ3v) is 6.38. The first-order chi connectivity index (χ1) is 14.4. The molecule has 1 aliphatic heterocycles. The van der Waals surface area contributed by atoms with Crippen LogP contribution >= 0.6 is 11.3 Å². The van der Waals surface area contributed by atoms with E-state index in [1.165, 1.54) is 16.0 Å². The maximum Gasteiger partial charge on any atom is 0.273 e. The number of amides is 1. The number of nitrogens with zero attached hydrogens (tertiary/aromatic N) is 2. The lowest BCUT2D eigenvalue weighted by molar-refractivity contribution is -0.858. The van der Waals surface area contributed by atoms with E-state index in [1.807, 2.05) is 24.3 Å². The molecular formula is C23H28N3O3S+. The second-order valence-corrected chi connectivity index (χ2v) is 9.07. The van der Waals surface area contributed by atoms with Gasteiger partial charge in [-0.3, -0.25) is 9.69 Å². The monoisotopic (exact) mass is 426 g/mol. The Kier molecular flexibility index (Phi) is 5.92. The fraction of sp³-hybridized carbons (Fsp3) is 0.391. The highest BCUT2D eigenvalue weighted by atomic mass is 32.1. The number of ether oxygens (including phenoxy) is 2. The van der Waals surface area contributed by atoms with Gasteiger partial charge in [0, 0.05) is 13.0 Å². The Morgan fingerprint density at radius 2 is 2.00 bits per heavy atom. The van der Waals surface area contributed by atoms with Crippen molar-refractivity contribution in [2.24, 2.45) is 0 Å². The number of carbonyl (C=O) groups excluding carboxylic acids is 1. The van der Waals surface area contributed by atoms with Crippen LogP contribution in [-0.4, -0.2) is 50.8 Å². The van der Waals surface area contributed by atoms with E-state index in [0.29, 0.717) is 18.0 Å². The van der Waals surface area contributed by atoms with Crippen LogP contribution in [0.25, 0.3) is 10.2 Å². The molecule has 3 aromatic rings. The highest BCUT2D eigenvalue weighted by Gasteiger charge is 2.33. The van der Waals surface area contributed by atoms with Gasteiger partial charge in [-0.15, -0.1) is 0 Å². The highest BCUT2D eigenvalue weighted by Crippen LogP contribution is 2.34. The number of anilines is 1. The molecule has 6 nitrogen and oxygen atoms in total. The summed E-state index contributed by atoms with van der Waals surface area (Å²) < 4.78 is 12.9. The number of quaternary nitrogens is 1. The maximum absolute atomic E-state index is 13.5. The number of aromatic nitrogens is 1. The van der Waals surface area contributed by atoms with Gasteiger partial charge in [0.2, 0.25) is 6.10 Å². The summed E-state index contributed by atoms with van der Waals surface area (Å²) in [7, 11) is 4.23. The summed E-state index contributed by atoms with van der Waals surface area (Å²) in [6.45, 7) is 5.93. The first-order valence-corrected chi connectivity index (χ1v) is 11.1. The summed E-state index contributed by atoms with van der Waals surface area (Å²) in [4.78, 5) is 21.4. The van der Waals surface area contributed by atoms with E-state index in [-0.39, 0.29) is 12.5 Å². The molecule has 30 heavy (non-hydrogen) atoms. The molecule has 0 spiro atoms. The first kappa shape index (κ1) is 20.6. The minimum absolute atomic E-state index is 0.105. The molecule has 2 heterocycles. The summed E-state index contributed by atoms with van der Waals surface area (Å²) >= 11 is 1.57. The number of fused-ring (bicyclic) bond motifs is 2. The van der Waals surface area contributed by atoms with Gasteiger partial charge in [-0.25, -0.2) is 4.98 Å². The molecule has 1 aromatic heterocycles. The Morgan fingerprint density at radius 3 is 2.77 bits per heavy atom. The van der Waals surface area contributed by atoms with Crippen LogP contribution < -0.4 is 19.3 Å². The lowest BCUT2D eigenvalue weighted by atomic mass is 10.1. The van der Waals surface area contributed by atoms with Crippen LogP contribution in [0.5, 0.6) is 11.5 Å². The number of para-hydroxylation sites is 2. The summed E-state index contributed by atoms with van der Waals surface area (Å²) in [5, 5.41) is 0.722. The fourth-order valence-corrected chi connectivity index (χ4v) is 4.73. The van der Waals surface area contributed by atoms with Gasteiger partial charge >= 0.3 is 0 Å². The molecule has 1 N–H and O–H groups in total. The highest BCUT2D eigenvalue weighted by molar-refractivity contribution is 7.22. The van der Waals surface area contributed by atoms with Crippen LogP contribution in [0.4, 0.5) is 5.13 Å². The Morgan fingerprint density at radius 1 is 1.23 bits per heavy atom. The summed E-state index contributed by atoms with van der Waals surface area (Å²) in [5.74, 6) is 1.18. The van der Waals surface area contributed by atoms with Gasteiger partial charge < -0.3 is 14.4 Å². The van der Waals surface area contributed by atoms with Crippen molar-refractivity contribution in [1.82, 2.24) is 4.98 Å². The molecule has 0 bridgehead atoms. The molecule has 7 heteroatoms. The van der Waals surface area contributed by atoms with Gasteiger partial charge in [0.15, 0.2) is 16.6 Å². The van der Waals surface area contributed by atoms with E-state index in [9.17, 15) is 4.79 Å². The van der Waals surface area contributed by atoms with E-state index in [2.05, 4.69) is 40.1 Å². The largest absolute Gasteiger partial charge is 0.485 e. The minimum Gasteiger partial charge on any atom is -0.485 e. The topological polar surface area (TPSA) is 56.1 Å². The number of aryl methyl sites for hydroxylation is 2.